The van der Waals surface area contributed by atoms with Gasteiger partial charge in [0, 0.05) is 0 Å². The van der Waals surface area contributed by atoms with Gasteiger partial charge in [0.1, 0.15) is 0 Å². The quantitative estimate of drug-likeness (QED) is 0.696. The molecule has 0 aromatic heterocycles. The van der Waals surface area contributed by atoms with Gasteiger partial charge in [-0.05, 0) is 0 Å². The van der Waals surface area contributed by atoms with Crippen LogP contribution in [-0.4, -0.2) is 30.6 Å². The fourth-order valence-corrected chi connectivity index (χ4v) is 51.6. The molecule has 0 nitrogen and oxygen atoms in total. The van der Waals surface area contributed by atoms with Crippen molar-refractivity contribution in [1.82, 2.24) is 0 Å². The van der Waals surface area contributed by atoms with Gasteiger partial charge in [0.15, 0.2) is 0 Å². The molecule has 0 radical (unpaired) electrons. The third kappa shape index (κ3) is 3.82. The zero-order valence-electron chi connectivity index (χ0n) is 12.2. The van der Waals surface area contributed by atoms with E-state index in [1.165, 1.54) is 0 Å². The van der Waals surface area contributed by atoms with Crippen LogP contribution in [0.2, 0.25) is 26.2 Å². The summed E-state index contributed by atoms with van der Waals surface area (Å²) in [7, 11) is 0. The third-order valence-electron chi connectivity index (χ3n) is 3.45. The molecule has 0 aliphatic heterocycles. The van der Waals surface area contributed by atoms with Crippen molar-refractivity contribution in [2.24, 2.45) is 0 Å². The van der Waals surface area contributed by atoms with Crippen LogP contribution >= 0.6 is 0 Å². The van der Waals surface area contributed by atoms with Gasteiger partial charge in [-0.25, -0.2) is 0 Å². The van der Waals surface area contributed by atoms with Crippen LogP contribution in [0.3, 0.4) is 0 Å². The third-order valence-corrected chi connectivity index (χ3v) is 41.2. The molecule has 0 aliphatic rings. The van der Waals surface area contributed by atoms with Crippen molar-refractivity contribution in [3.8, 4) is 0 Å². The molecule has 0 fully saturated rings. The summed E-state index contributed by atoms with van der Waals surface area (Å²) in [5.74, 6) is 0. The van der Waals surface area contributed by atoms with Crippen LogP contribution in [0.15, 0.2) is 60.7 Å². The van der Waals surface area contributed by atoms with Gasteiger partial charge in [-0.3, -0.25) is 0 Å². The molecule has 0 atom stereocenters. The predicted molar refractivity (Wildman–Crippen MR) is 92.9 cm³/mol. The summed E-state index contributed by atoms with van der Waals surface area (Å²) in [6.07, 6.45) is 0. The van der Waals surface area contributed by atoms with Crippen molar-refractivity contribution in [2.45, 2.75) is 26.2 Å². The first-order valence-corrected chi connectivity index (χ1v) is 19.5. The van der Waals surface area contributed by atoms with Crippen LogP contribution in [-0.2, 0) is 0 Å². The Bertz CT molecular complexity index is 471. The molecule has 2 aromatic carbocycles. The van der Waals surface area contributed by atoms with E-state index in [1.54, 1.807) is 10.4 Å². The molecule has 19 heavy (non-hydrogen) atoms. The normalized spacial score (nSPS) is 12.4. The topological polar surface area (TPSA) is 0 Å². The molecule has 0 bridgehead atoms. The molecule has 0 aliphatic carbocycles. The van der Waals surface area contributed by atoms with Crippen LogP contribution in [0.25, 0.3) is 0 Å². The second-order valence-corrected chi connectivity index (χ2v) is 36.6. The van der Waals surface area contributed by atoms with Crippen LogP contribution in [0.4, 0.5) is 0 Å². The summed E-state index contributed by atoms with van der Waals surface area (Å²) in [4.78, 5) is 0. The molecule has 2 rings (SSSR count). The van der Waals surface area contributed by atoms with Gasteiger partial charge in [-0.1, -0.05) is 0 Å². The average molecular weight is 398 g/mol. The van der Waals surface area contributed by atoms with Crippen molar-refractivity contribution in [1.29, 1.82) is 0 Å². The number of rotatable bonds is 4. The van der Waals surface area contributed by atoms with Gasteiger partial charge in [0.25, 0.3) is 0 Å². The van der Waals surface area contributed by atoms with Gasteiger partial charge >= 0.3 is 128 Å². The second-order valence-electron chi connectivity index (χ2n) is 5.85. The fourth-order valence-electron chi connectivity index (χ4n) is 2.43. The Hall–Kier alpha value is -0.337. The van der Waals surface area contributed by atoms with Crippen LogP contribution in [0.1, 0.15) is 0 Å². The number of hydrogen-bond acceptors (Lipinski definition) is 0. The fraction of sp³-hybridized carbons (Fsp3) is 0.250. The minimum absolute atomic E-state index is 0.0420. The first kappa shape index (κ1) is 15.1. The Morgan fingerprint density at radius 2 is 0.895 bits per heavy atom. The van der Waals surface area contributed by atoms with Crippen molar-refractivity contribution in [2.75, 3.05) is 0 Å². The maximum absolute atomic E-state index is 2.57. The van der Waals surface area contributed by atoms with E-state index in [2.05, 4.69) is 86.9 Å². The Morgan fingerprint density at radius 1 is 0.579 bits per heavy atom. The van der Waals surface area contributed by atoms with Gasteiger partial charge in [-0.2, -0.15) is 0 Å². The zero-order chi connectivity index (χ0) is 13.9. The van der Waals surface area contributed by atoms with Gasteiger partial charge in [-0.15, -0.1) is 0 Å². The van der Waals surface area contributed by atoms with E-state index in [4.69, 9.17) is 0 Å². The summed E-state index contributed by atoms with van der Waals surface area (Å²) in [5, 5.41) is 3.29. The maximum atomic E-state index is 2.57. The standard InChI is InChI=1S/C16H22Si2Te/c1-17(2,15-11-7-5-8-12-15)19-18(3,4)16-13-9-6-10-14-16/h5-14H,1-4H3. The van der Waals surface area contributed by atoms with Crippen molar-refractivity contribution in [3.63, 3.8) is 0 Å². The Kier molecular flexibility index (Phi) is 4.73. The SMILES string of the molecule is C[Si](C)([Te][Si](C)(C)c1ccccc1)c1ccccc1. The molecule has 0 unspecified atom stereocenters. The summed E-state index contributed by atoms with van der Waals surface area (Å²) < 4.78 is 0. The van der Waals surface area contributed by atoms with Crippen LogP contribution in [0.5, 0.6) is 0 Å². The summed E-state index contributed by atoms with van der Waals surface area (Å²) in [6, 6.07) is 22.5. The first-order chi connectivity index (χ1) is 8.92. The predicted octanol–water partition coefficient (Wildman–Crippen LogP) is 2.92. The molecule has 0 spiro atoms. The number of hydrogen-bond donors (Lipinski definition) is 0. The van der Waals surface area contributed by atoms with Crippen molar-refractivity contribution >= 4 is 41.0 Å². The van der Waals surface area contributed by atoms with E-state index in [0.717, 1.165) is 0 Å². The van der Waals surface area contributed by atoms with Crippen LogP contribution in [0, 0.1) is 0 Å². The molecule has 0 N–H and O–H groups in total. The summed E-state index contributed by atoms with van der Waals surface area (Å²) in [6.45, 7) is 10.3. The second kappa shape index (κ2) is 5.97. The van der Waals surface area contributed by atoms with Gasteiger partial charge < -0.3 is 0 Å². The molecular formula is C16H22Si2Te. The summed E-state index contributed by atoms with van der Waals surface area (Å²) >= 11 is 0.0420. The zero-order valence-corrected chi connectivity index (χ0v) is 16.5. The van der Waals surface area contributed by atoms with Crippen LogP contribution < -0.4 is 10.4 Å². The van der Waals surface area contributed by atoms with Gasteiger partial charge in [0.2, 0.25) is 0 Å². The molecule has 0 saturated carbocycles. The Balaban J connectivity index is 2.25. The molecule has 3 heteroatoms. The van der Waals surface area contributed by atoms with E-state index in [0.29, 0.717) is 0 Å². The molecule has 2 aromatic rings. The van der Waals surface area contributed by atoms with E-state index in [1.807, 2.05) is 0 Å². The molecule has 0 amide bonds. The molecule has 0 heterocycles. The van der Waals surface area contributed by atoms with E-state index < -0.39 is 11.2 Å². The Morgan fingerprint density at radius 3 is 1.21 bits per heavy atom. The van der Waals surface area contributed by atoms with E-state index >= 15 is 0 Å². The summed E-state index contributed by atoms with van der Waals surface area (Å²) in [5.41, 5.74) is -2.41. The first-order valence-electron chi connectivity index (χ1n) is 6.73. The molecule has 100 valence electrons. The average Bonchev–Trinajstić information content (AvgIpc) is 2.40. The van der Waals surface area contributed by atoms with Crippen molar-refractivity contribution in [3.05, 3.63) is 60.7 Å². The molecule has 0 saturated heterocycles. The monoisotopic (exact) mass is 400 g/mol. The Labute approximate surface area is 127 Å². The van der Waals surface area contributed by atoms with Crippen molar-refractivity contribution < 1.29 is 0 Å². The minimum atomic E-state index is -1.21. The number of benzene rings is 2. The van der Waals surface area contributed by atoms with Gasteiger partial charge in [0.05, 0.1) is 0 Å². The van der Waals surface area contributed by atoms with E-state index in [9.17, 15) is 0 Å². The van der Waals surface area contributed by atoms with E-state index in [-0.39, 0.29) is 19.3 Å². The molecular weight excluding hydrogens is 376 g/mol.